The molecule has 0 aliphatic rings. The van der Waals surface area contributed by atoms with Crippen LogP contribution in [0.1, 0.15) is 34.0 Å². The van der Waals surface area contributed by atoms with Gasteiger partial charge in [0.05, 0.1) is 24.4 Å². The number of amides is 1. The first kappa shape index (κ1) is 29.0. The van der Waals surface area contributed by atoms with Crippen molar-refractivity contribution in [2.45, 2.75) is 20.1 Å². The zero-order valence-electron chi connectivity index (χ0n) is 22.0. The fraction of sp³-hybridized carbons (Fsp3) is 0.161. The number of hydrazone groups is 1. The lowest BCUT2D eigenvalue weighted by molar-refractivity contribution is 0.0955. The summed E-state index contributed by atoms with van der Waals surface area (Å²) in [7, 11) is 1.56. The van der Waals surface area contributed by atoms with Crippen LogP contribution in [0.3, 0.4) is 0 Å². The van der Waals surface area contributed by atoms with Gasteiger partial charge in [0.1, 0.15) is 13.2 Å². The number of hydrogen-bond donors (Lipinski definition) is 1. The third kappa shape index (κ3) is 8.00. The van der Waals surface area contributed by atoms with Gasteiger partial charge in [-0.05, 0) is 88.1 Å². The summed E-state index contributed by atoms with van der Waals surface area (Å²) >= 11 is 9.43. The molecule has 0 aliphatic heterocycles. The van der Waals surface area contributed by atoms with Gasteiger partial charge in [-0.2, -0.15) is 5.10 Å². The third-order valence-electron chi connectivity index (χ3n) is 5.67. The Bertz CT molecular complexity index is 1460. The Hall–Kier alpha value is -4.01. The molecule has 206 valence electrons. The SMILES string of the molecule is CCOc1cc(COc2c(Br)cc(/C=N/NC(=O)c3ccc(Cl)cc3)cc2OC)ccc1OCc1ccccc1. The largest absolute Gasteiger partial charge is 0.493 e. The molecule has 0 atom stereocenters. The first-order valence-corrected chi connectivity index (χ1v) is 13.7. The van der Waals surface area contributed by atoms with Crippen molar-refractivity contribution in [3.05, 3.63) is 117 Å². The maximum Gasteiger partial charge on any atom is 0.271 e. The average Bonchev–Trinajstić information content (AvgIpc) is 2.97. The molecule has 0 saturated heterocycles. The molecule has 9 heteroatoms. The lowest BCUT2D eigenvalue weighted by atomic mass is 10.2. The second kappa shape index (κ2) is 14.4. The smallest absolute Gasteiger partial charge is 0.271 e. The van der Waals surface area contributed by atoms with Crippen LogP contribution in [0.15, 0.2) is 94.5 Å². The van der Waals surface area contributed by atoms with Crippen molar-refractivity contribution in [2.24, 2.45) is 5.10 Å². The molecule has 0 spiro atoms. The maximum absolute atomic E-state index is 12.3. The van der Waals surface area contributed by atoms with E-state index >= 15 is 0 Å². The van der Waals surface area contributed by atoms with Gasteiger partial charge >= 0.3 is 0 Å². The molecule has 4 aromatic carbocycles. The molecular weight excluding hydrogens is 596 g/mol. The maximum atomic E-state index is 12.3. The van der Waals surface area contributed by atoms with Crippen LogP contribution in [0.2, 0.25) is 5.02 Å². The molecule has 1 N–H and O–H groups in total. The van der Waals surface area contributed by atoms with Crippen molar-refractivity contribution in [2.75, 3.05) is 13.7 Å². The molecule has 4 rings (SSSR count). The minimum Gasteiger partial charge on any atom is -0.493 e. The van der Waals surface area contributed by atoms with Gasteiger partial charge < -0.3 is 18.9 Å². The zero-order chi connectivity index (χ0) is 28.3. The topological polar surface area (TPSA) is 78.4 Å². The molecule has 1 amide bonds. The summed E-state index contributed by atoms with van der Waals surface area (Å²) in [5, 5.41) is 4.60. The second-order valence-corrected chi connectivity index (χ2v) is 9.81. The fourth-order valence-corrected chi connectivity index (χ4v) is 4.41. The van der Waals surface area contributed by atoms with Gasteiger partial charge in [-0.25, -0.2) is 5.43 Å². The van der Waals surface area contributed by atoms with Crippen molar-refractivity contribution in [3.8, 4) is 23.0 Å². The van der Waals surface area contributed by atoms with E-state index in [1.807, 2.05) is 61.5 Å². The molecule has 4 aromatic rings. The van der Waals surface area contributed by atoms with Crippen LogP contribution < -0.4 is 24.4 Å². The summed E-state index contributed by atoms with van der Waals surface area (Å²) in [4.78, 5) is 12.3. The standard InChI is InChI=1S/C31H28BrClN2O5/c1-3-38-28-16-22(9-14-27(28)39-19-21-7-5-4-6-8-21)20-40-30-26(32)15-23(17-29(30)37-2)18-34-35-31(36)24-10-12-25(33)13-11-24/h4-18H,3,19-20H2,1-2H3,(H,35,36)/b34-18+. The van der Waals surface area contributed by atoms with Crippen LogP contribution in [0.25, 0.3) is 0 Å². The van der Waals surface area contributed by atoms with E-state index in [1.54, 1.807) is 37.4 Å². The molecule has 0 saturated carbocycles. The highest BCUT2D eigenvalue weighted by molar-refractivity contribution is 9.10. The van der Waals surface area contributed by atoms with Gasteiger partial charge in [-0.3, -0.25) is 4.79 Å². The number of nitrogens with zero attached hydrogens (tertiary/aromatic N) is 1. The monoisotopic (exact) mass is 622 g/mol. The number of hydrogen-bond acceptors (Lipinski definition) is 6. The van der Waals surface area contributed by atoms with E-state index in [9.17, 15) is 4.79 Å². The molecule has 0 heterocycles. The van der Waals surface area contributed by atoms with E-state index in [2.05, 4.69) is 26.5 Å². The molecule has 0 unspecified atom stereocenters. The number of benzene rings is 4. The van der Waals surface area contributed by atoms with Crippen LogP contribution in [0.5, 0.6) is 23.0 Å². The molecular formula is C31H28BrClN2O5. The van der Waals surface area contributed by atoms with E-state index in [-0.39, 0.29) is 12.5 Å². The first-order valence-electron chi connectivity index (χ1n) is 12.5. The number of nitrogens with one attached hydrogen (secondary N) is 1. The number of rotatable bonds is 12. The van der Waals surface area contributed by atoms with E-state index in [4.69, 9.17) is 30.5 Å². The van der Waals surface area contributed by atoms with Crippen LogP contribution in [-0.2, 0) is 13.2 Å². The van der Waals surface area contributed by atoms with Gasteiger partial charge in [-0.1, -0.05) is 48.0 Å². The molecule has 0 radical (unpaired) electrons. The summed E-state index contributed by atoms with van der Waals surface area (Å²) in [6.07, 6.45) is 1.52. The fourth-order valence-electron chi connectivity index (χ4n) is 3.71. The Balaban J connectivity index is 1.41. The number of ether oxygens (including phenoxy) is 4. The predicted octanol–water partition coefficient (Wildman–Crippen LogP) is 7.43. The van der Waals surface area contributed by atoms with Gasteiger partial charge in [0.2, 0.25) is 0 Å². The Morgan fingerprint density at radius 2 is 1.62 bits per heavy atom. The number of carbonyl (C=O) groups is 1. The molecule has 40 heavy (non-hydrogen) atoms. The first-order chi connectivity index (χ1) is 19.5. The van der Waals surface area contributed by atoms with Crippen LogP contribution in [-0.4, -0.2) is 25.8 Å². The van der Waals surface area contributed by atoms with Crippen molar-refractivity contribution in [1.29, 1.82) is 0 Å². The van der Waals surface area contributed by atoms with Crippen LogP contribution in [0.4, 0.5) is 0 Å². The average molecular weight is 624 g/mol. The summed E-state index contributed by atoms with van der Waals surface area (Å²) in [5.74, 6) is 2.01. The Labute approximate surface area is 246 Å². The summed E-state index contributed by atoms with van der Waals surface area (Å²) in [5.41, 5.74) is 5.63. The Morgan fingerprint density at radius 3 is 2.35 bits per heavy atom. The molecule has 7 nitrogen and oxygen atoms in total. The zero-order valence-corrected chi connectivity index (χ0v) is 24.4. The Morgan fingerprint density at radius 1 is 0.875 bits per heavy atom. The second-order valence-electron chi connectivity index (χ2n) is 8.52. The van der Waals surface area contributed by atoms with E-state index in [1.165, 1.54) is 6.21 Å². The van der Waals surface area contributed by atoms with E-state index in [0.29, 0.717) is 56.8 Å². The van der Waals surface area contributed by atoms with E-state index < -0.39 is 0 Å². The highest BCUT2D eigenvalue weighted by atomic mass is 79.9. The van der Waals surface area contributed by atoms with Gasteiger partial charge in [0.15, 0.2) is 23.0 Å². The van der Waals surface area contributed by atoms with Crippen LogP contribution in [0, 0.1) is 0 Å². The minimum absolute atomic E-state index is 0.276. The predicted molar refractivity (Wildman–Crippen MR) is 160 cm³/mol. The molecule has 0 aliphatic carbocycles. The number of methoxy groups -OCH3 is 1. The van der Waals surface area contributed by atoms with E-state index in [0.717, 1.165) is 11.1 Å². The number of halogens is 2. The third-order valence-corrected chi connectivity index (χ3v) is 6.51. The lowest BCUT2D eigenvalue weighted by Crippen LogP contribution is -2.17. The van der Waals surface area contributed by atoms with Crippen LogP contribution >= 0.6 is 27.5 Å². The minimum atomic E-state index is -0.346. The molecule has 0 aromatic heterocycles. The van der Waals surface area contributed by atoms with Crippen molar-refractivity contribution in [3.63, 3.8) is 0 Å². The summed E-state index contributed by atoms with van der Waals surface area (Å²) in [6.45, 7) is 3.16. The van der Waals surface area contributed by atoms with Gasteiger partial charge in [-0.15, -0.1) is 0 Å². The Kier molecular flexibility index (Phi) is 10.4. The van der Waals surface area contributed by atoms with Crippen molar-refractivity contribution < 1.29 is 23.7 Å². The van der Waals surface area contributed by atoms with Crippen molar-refractivity contribution in [1.82, 2.24) is 5.43 Å². The molecule has 0 bridgehead atoms. The van der Waals surface area contributed by atoms with Gasteiger partial charge in [0.25, 0.3) is 5.91 Å². The normalized spacial score (nSPS) is 10.8. The summed E-state index contributed by atoms with van der Waals surface area (Å²) in [6, 6.07) is 25.8. The number of carbonyl (C=O) groups excluding carboxylic acids is 1. The van der Waals surface area contributed by atoms with Gasteiger partial charge in [0, 0.05) is 10.6 Å². The highest BCUT2D eigenvalue weighted by Gasteiger charge is 2.13. The molecule has 0 fully saturated rings. The summed E-state index contributed by atoms with van der Waals surface area (Å²) < 4.78 is 24.2. The highest BCUT2D eigenvalue weighted by Crippen LogP contribution is 2.37. The lowest BCUT2D eigenvalue weighted by Gasteiger charge is -2.16. The quantitative estimate of drug-likeness (QED) is 0.131. The van der Waals surface area contributed by atoms with Crippen molar-refractivity contribution >= 4 is 39.7 Å².